The second-order valence-corrected chi connectivity index (χ2v) is 7.69. The van der Waals surface area contributed by atoms with E-state index >= 15 is 0 Å². The summed E-state index contributed by atoms with van der Waals surface area (Å²) in [6.07, 6.45) is 2.44. The molecule has 0 aromatic heterocycles. The third-order valence-corrected chi connectivity index (χ3v) is 6.12. The lowest BCUT2D eigenvalue weighted by Gasteiger charge is -2.48. The predicted octanol–water partition coefficient (Wildman–Crippen LogP) is 4.80. The Labute approximate surface area is 158 Å². The Bertz CT molecular complexity index is 961. The Kier molecular flexibility index (Phi) is 3.83. The summed E-state index contributed by atoms with van der Waals surface area (Å²) in [5, 5.41) is 9.37. The maximum Gasteiger partial charge on any atom is 0.306 e. The quantitative estimate of drug-likeness (QED) is 0.560. The van der Waals surface area contributed by atoms with Crippen LogP contribution in [0.4, 0.5) is 13.2 Å². The van der Waals surface area contributed by atoms with E-state index in [0.29, 0.717) is 5.56 Å². The van der Waals surface area contributed by atoms with Crippen molar-refractivity contribution in [3.8, 4) is 0 Å². The molecule has 1 N–H and O–H groups in total. The van der Waals surface area contributed by atoms with Crippen LogP contribution in [0.1, 0.15) is 31.2 Å². The topological polar surface area (TPSA) is 55.8 Å². The fourth-order valence-corrected chi connectivity index (χ4v) is 4.32. The van der Waals surface area contributed by atoms with E-state index in [9.17, 15) is 23.1 Å². The third-order valence-electron chi connectivity index (χ3n) is 6.12. The molecule has 0 aliphatic heterocycles. The fraction of sp³-hybridized carbons (Fsp3) is 0.381. The van der Waals surface area contributed by atoms with Crippen LogP contribution in [0.3, 0.4) is 0 Å². The Balaban J connectivity index is 1.62. The average Bonchev–Trinajstić information content (AvgIpc) is 3.44. The van der Waals surface area contributed by atoms with Crippen molar-refractivity contribution in [1.29, 1.82) is 0 Å². The molecule has 4 nitrogen and oxygen atoms in total. The molecule has 28 heavy (non-hydrogen) atoms. The van der Waals surface area contributed by atoms with Crippen LogP contribution in [-0.2, 0) is 14.6 Å². The van der Waals surface area contributed by atoms with Crippen LogP contribution in [-0.4, -0.2) is 22.8 Å². The number of aliphatic carboxylic acids is 1. The summed E-state index contributed by atoms with van der Waals surface area (Å²) in [5.41, 5.74) is -2.39. The van der Waals surface area contributed by atoms with Gasteiger partial charge in [-0.05, 0) is 31.2 Å². The second-order valence-electron chi connectivity index (χ2n) is 7.69. The van der Waals surface area contributed by atoms with Gasteiger partial charge in [-0.3, -0.25) is 4.79 Å². The predicted molar refractivity (Wildman–Crippen MR) is 92.5 cm³/mol. The largest absolute Gasteiger partial charge is 0.481 e. The highest BCUT2D eigenvalue weighted by atomic mass is 19.2. The van der Waals surface area contributed by atoms with Crippen molar-refractivity contribution in [2.75, 3.05) is 0 Å². The Morgan fingerprint density at radius 3 is 2.32 bits per heavy atom. The zero-order valence-corrected chi connectivity index (χ0v) is 14.8. The molecule has 4 aliphatic rings. The molecule has 7 heteroatoms. The molecular formula is C21H17F3O4. The maximum atomic E-state index is 14.9. The first-order valence-electron chi connectivity index (χ1n) is 9.31. The van der Waals surface area contributed by atoms with Crippen molar-refractivity contribution in [1.82, 2.24) is 0 Å². The lowest BCUT2D eigenvalue weighted by atomic mass is 9.62. The molecule has 1 aromatic rings. The number of hydrogen-bond donors (Lipinski definition) is 1. The Morgan fingerprint density at radius 2 is 1.75 bits per heavy atom. The van der Waals surface area contributed by atoms with Gasteiger partial charge in [0.2, 0.25) is 0 Å². The monoisotopic (exact) mass is 390 g/mol. The van der Waals surface area contributed by atoms with E-state index in [-0.39, 0.29) is 23.7 Å². The zero-order valence-electron chi connectivity index (χ0n) is 14.8. The van der Waals surface area contributed by atoms with Crippen molar-refractivity contribution < 1.29 is 32.8 Å². The first-order valence-corrected chi connectivity index (χ1v) is 9.31. The number of carboxylic acids is 1. The second kappa shape index (κ2) is 6.06. The lowest BCUT2D eigenvalue weighted by molar-refractivity contribution is -0.384. The van der Waals surface area contributed by atoms with Gasteiger partial charge < -0.3 is 5.11 Å². The molecule has 0 saturated heterocycles. The van der Waals surface area contributed by atoms with Crippen LogP contribution in [0, 0.1) is 11.8 Å². The van der Waals surface area contributed by atoms with Gasteiger partial charge in [-0.1, -0.05) is 30.3 Å². The van der Waals surface area contributed by atoms with E-state index in [2.05, 4.69) is 0 Å². The Morgan fingerprint density at radius 1 is 1.04 bits per heavy atom. The zero-order chi connectivity index (χ0) is 19.6. The number of halogens is 3. The van der Waals surface area contributed by atoms with E-state index in [4.69, 9.17) is 9.78 Å². The van der Waals surface area contributed by atoms with Gasteiger partial charge in [0.1, 0.15) is 5.83 Å². The maximum absolute atomic E-state index is 14.9. The minimum absolute atomic E-state index is 0.152. The molecular weight excluding hydrogens is 373 g/mol. The van der Waals surface area contributed by atoms with Gasteiger partial charge in [-0.15, -0.1) is 0 Å². The third kappa shape index (κ3) is 2.23. The molecule has 2 fully saturated rings. The van der Waals surface area contributed by atoms with Gasteiger partial charge in [0.05, 0.1) is 17.6 Å². The summed E-state index contributed by atoms with van der Waals surface area (Å²) in [7, 11) is 0. The van der Waals surface area contributed by atoms with Crippen molar-refractivity contribution >= 4 is 11.5 Å². The van der Waals surface area contributed by atoms with Crippen LogP contribution in [0.5, 0.6) is 0 Å². The summed E-state index contributed by atoms with van der Waals surface area (Å²) in [6.45, 7) is 0. The number of benzene rings is 1. The van der Waals surface area contributed by atoms with Gasteiger partial charge in [0.15, 0.2) is 17.3 Å². The van der Waals surface area contributed by atoms with Crippen molar-refractivity contribution in [3.63, 3.8) is 0 Å². The standard InChI is InChI=1S/C21H17F3O4/c22-17-14(10-5-2-1-3-6-10)15-18(23)16(19(17)24)21(15,13-9-12(13)20(25)26)28-27-11-7-4-8-11/h1-3,5-6,11-13H,4,7-9H2,(H,25,26). The molecule has 5 rings (SSSR count). The molecule has 3 unspecified atom stereocenters. The normalized spacial score (nSPS) is 31.7. The molecule has 2 bridgehead atoms. The fourth-order valence-electron chi connectivity index (χ4n) is 4.32. The van der Waals surface area contributed by atoms with Crippen molar-refractivity contribution in [3.05, 3.63) is 64.5 Å². The van der Waals surface area contributed by atoms with Gasteiger partial charge in [0.25, 0.3) is 0 Å². The minimum Gasteiger partial charge on any atom is -0.481 e. The molecule has 2 saturated carbocycles. The summed E-state index contributed by atoms with van der Waals surface area (Å²) in [4.78, 5) is 22.5. The number of fused-ring (bicyclic) bond motifs is 2. The summed E-state index contributed by atoms with van der Waals surface area (Å²) < 4.78 is 44.6. The van der Waals surface area contributed by atoms with Gasteiger partial charge in [-0.2, -0.15) is 0 Å². The smallest absolute Gasteiger partial charge is 0.306 e. The number of hydrogen-bond acceptors (Lipinski definition) is 3. The van der Waals surface area contributed by atoms with E-state index < -0.39 is 46.5 Å². The number of rotatable bonds is 6. The SMILES string of the molecule is O=C(O)C1CC1C1(OOC2CCC2)c2c(F)c(F)c(-c3ccccc3)c1c2F. The van der Waals surface area contributed by atoms with E-state index in [1.54, 1.807) is 30.3 Å². The van der Waals surface area contributed by atoms with Gasteiger partial charge in [0, 0.05) is 17.1 Å². The summed E-state index contributed by atoms with van der Waals surface area (Å²) in [5.74, 6) is -6.02. The highest BCUT2D eigenvalue weighted by Crippen LogP contribution is 2.68. The Hall–Kier alpha value is -2.38. The van der Waals surface area contributed by atoms with E-state index in [0.717, 1.165) is 19.3 Å². The minimum atomic E-state index is -1.73. The van der Waals surface area contributed by atoms with E-state index in [1.807, 2.05) is 0 Å². The van der Waals surface area contributed by atoms with E-state index in [1.165, 1.54) is 0 Å². The molecule has 0 amide bonds. The number of allylic oxidation sites excluding steroid dienone is 2. The summed E-state index contributed by atoms with van der Waals surface area (Å²) >= 11 is 0. The van der Waals surface area contributed by atoms with Crippen LogP contribution < -0.4 is 0 Å². The van der Waals surface area contributed by atoms with Crippen LogP contribution >= 0.6 is 0 Å². The summed E-state index contributed by atoms with van der Waals surface area (Å²) in [6, 6.07) is 8.07. The molecule has 0 spiro atoms. The first-order chi connectivity index (χ1) is 13.5. The van der Waals surface area contributed by atoms with Crippen molar-refractivity contribution in [2.45, 2.75) is 37.4 Å². The molecule has 3 atom stereocenters. The number of carbonyl (C=O) groups is 1. The number of carboxylic acid groups (broad SMARTS) is 1. The highest BCUT2D eigenvalue weighted by Gasteiger charge is 2.71. The van der Waals surface area contributed by atoms with Crippen LogP contribution in [0.2, 0.25) is 0 Å². The van der Waals surface area contributed by atoms with Gasteiger partial charge in [-0.25, -0.2) is 22.9 Å². The first kappa shape index (κ1) is 17.7. The molecule has 1 aromatic carbocycles. The van der Waals surface area contributed by atoms with Gasteiger partial charge >= 0.3 is 5.97 Å². The molecule has 0 heterocycles. The molecule has 0 radical (unpaired) electrons. The average molecular weight is 390 g/mol. The van der Waals surface area contributed by atoms with Crippen LogP contribution in [0.25, 0.3) is 5.57 Å². The lowest BCUT2D eigenvalue weighted by Crippen LogP contribution is -2.52. The van der Waals surface area contributed by atoms with Crippen LogP contribution in [0.15, 0.2) is 59.0 Å². The van der Waals surface area contributed by atoms with Crippen molar-refractivity contribution in [2.24, 2.45) is 11.8 Å². The molecule has 4 aliphatic carbocycles. The highest BCUT2D eigenvalue weighted by molar-refractivity contribution is 5.95. The molecule has 146 valence electrons.